The fourth-order valence-electron chi connectivity index (χ4n) is 1.14. The summed E-state index contributed by atoms with van der Waals surface area (Å²) in [5.41, 5.74) is 6.49. The summed E-state index contributed by atoms with van der Waals surface area (Å²) in [5, 5.41) is 10.5. The monoisotopic (exact) mass is 226 g/mol. The molecule has 90 valence electrons. The average molecular weight is 226 g/mol. The van der Waals surface area contributed by atoms with Crippen molar-refractivity contribution in [1.82, 2.24) is 0 Å². The molecule has 0 aliphatic rings. The van der Waals surface area contributed by atoms with Crippen LogP contribution in [0.1, 0.15) is 25.5 Å². The molecular weight excluding hydrogens is 208 g/mol. The van der Waals surface area contributed by atoms with Gasteiger partial charge in [0, 0.05) is 19.2 Å². The number of methoxy groups -OCH3 is 1. The van der Waals surface area contributed by atoms with Crippen LogP contribution in [0, 0.1) is 10.1 Å². The van der Waals surface area contributed by atoms with Crippen LogP contribution in [-0.4, -0.2) is 18.6 Å². The standard InChI is InChI=1S/C9H12N2O3.C2H6/c1-14-6-9(10)7-3-2-4-8(5-7)11(12)13;1-2/h2-5,9H,6,10H2,1H3;1-2H3. The lowest BCUT2D eigenvalue weighted by molar-refractivity contribution is -0.384. The Bertz CT molecular complexity index is 329. The van der Waals surface area contributed by atoms with Crippen LogP contribution in [0.4, 0.5) is 5.69 Å². The van der Waals surface area contributed by atoms with E-state index in [4.69, 9.17) is 10.5 Å². The topological polar surface area (TPSA) is 78.4 Å². The molecule has 0 saturated carbocycles. The van der Waals surface area contributed by atoms with E-state index in [2.05, 4.69) is 0 Å². The van der Waals surface area contributed by atoms with Gasteiger partial charge in [-0.2, -0.15) is 0 Å². The van der Waals surface area contributed by atoms with Crippen molar-refractivity contribution in [3.8, 4) is 0 Å². The molecule has 1 aromatic carbocycles. The van der Waals surface area contributed by atoms with Crippen LogP contribution in [0.25, 0.3) is 0 Å². The number of hydrogen-bond donors (Lipinski definition) is 1. The van der Waals surface area contributed by atoms with E-state index in [0.717, 1.165) is 0 Å². The Labute approximate surface area is 95.4 Å². The number of benzene rings is 1. The first-order chi connectivity index (χ1) is 7.65. The maximum atomic E-state index is 10.5. The number of hydrogen-bond acceptors (Lipinski definition) is 4. The largest absolute Gasteiger partial charge is 0.383 e. The van der Waals surface area contributed by atoms with E-state index in [1.54, 1.807) is 12.1 Å². The van der Waals surface area contributed by atoms with Gasteiger partial charge in [-0.1, -0.05) is 26.0 Å². The van der Waals surface area contributed by atoms with E-state index in [-0.39, 0.29) is 11.7 Å². The van der Waals surface area contributed by atoms with Gasteiger partial charge in [-0.15, -0.1) is 0 Å². The van der Waals surface area contributed by atoms with Gasteiger partial charge in [0.05, 0.1) is 17.6 Å². The van der Waals surface area contributed by atoms with Gasteiger partial charge in [0.15, 0.2) is 0 Å². The highest BCUT2D eigenvalue weighted by Crippen LogP contribution is 2.17. The number of nitro benzene ring substituents is 1. The average Bonchev–Trinajstić information content (AvgIpc) is 2.32. The van der Waals surface area contributed by atoms with Crippen LogP contribution in [0.15, 0.2) is 24.3 Å². The predicted molar refractivity (Wildman–Crippen MR) is 63.2 cm³/mol. The summed E-state index contributed by atoms with van der Waals surface area (Å²) in [7, 11) is 1.54. The highest BCUT2D eigenvalue weighted by molar-refractivity contribution is 5.35. The number of rotatable bonds is 4. The van der Waals surface area contributed by atoms with Crippen LogP contribution in [-0.2, 0) is 4.74 Å². The zero-order chi connectivity index (χ0) is 12.6. The first kappa shape index (κ1) is 14.5. The second-order valence-corrected chi connectivity index (χ2v) is 2.91. The zero-order valence-corrected chi connectivity index (χ0v) is 9.84. The quantitative estimate of drug-likeness (QED) is 0.631. The molecule has 0 bridgehead atoms. The lowest BCUT2D eigenvalue weighted by Gasteiger charge is -2.09. The second-order valence-electron chi connectivity index (χ2n) is 2.91. The Morgan fingerprint density at radius 1 is 1.50 bits per heavy atom. The molecule has 16 heavy (non-hydrogen) atoms. The first-order valence-corrected chi connectivity index (χ1v) is 5.14. The summed E-state index contributed by atoms with van der Waals surface area (Å²) in [4.78, 5) is 10.0. The number of ether oxygens (including phenoxy) is 1. The third-order valence-electron chi connectivity index (χ3n) is 1.86. The minimum atomic E-state index is -0.441. The minimum absolute atomic E-state index is 0.0500. The molecule has 1 rings (SSSR count). The zero-order valence-electron chi connectivity index (χ0n) is 9.84. The molecule has 0 heterocycles. The van der Waals surface area contributed by atoms with Crippen molar-refractivity contribution in [2.24, 2.45) is 5.73 Å². The molecule has 1 unspecified atom stereocenters. The van der Waals surface area contributed by atoms with Crippen molar-refractivity contribution in [3.05, 3.63) is 39.9 Å². The third-order valence-corrected chi connectivity index (χ3v) is 1.86. The summed E-state index contributed by atoms with van der Waals surface area (Å²) in [6.07, 6.45) is 0. The highest BCUT2D eigenvalue weighted by Gasteiger charge is 2.10. The fourth-order valence-corrected chi connectivity index (χ4v) is 1.14. The number of nitrogens with two attached hydrogens (primary N) is 1. The molecule has 2 N–H and O–H groups in total. The molecule has 0 radical (unpaired) electrons. The van der Waals surface area contributed by atoms with Gasteiger partial charge >= 0.3 is 0 Å². The molecule has 0 aliphatic heterocycles. The molecule has 0 aromatic heterocycles. The molecule has 0 aliphatic carbocycles. The lowest BCUT2D eigenvalue weighted by atomic mass is 10.1. The summed E-state index contributed by atoms with van der Waals surface area (Å²) >= 11 is 0. The van der Waals surface area contributed by atoms with Gasteiger partial charge in [0.2, 0.25) is 0 Å². The van der Waals surface area contributed by atoms with Crippen molar-refractivity contribution >= 4 is 5.69 Å². The molecule has 0 saturated heterocycles. The lowest BCUT2D eigenvalue weighted by Crippen LogP contribution is -2.16. The van der Waals surface area contributed by atoms with E-state index in [9.17, 15) is 10.1 Å². The van der Waals surface area contributed by atoms with Gasteiger partial charge in [-0.05, 0) is 5.56 Å². The van der Waals surface area contributed by atoms with Crippen LogP contribution in [0.5, 0.6) is 0 Å². The summed E-state index contributed by atoms with van der Waals surface area (Å²) in [6.45, 7) is 4.35. The molecule has 0 fully saturated rings. The highest BCUT2D eigenvalue weighted by atomic mass is 16.6. The van der Waals surface area contributed by atoms with E-state index in [1.165, 1.54) is 19.2 Å². The normalized spacial score (nSPS) is 11.2. The number of nitro groups is 1. The molecule has 1 aromatic rings. The van der Waals surface area contributed by atoms with E-state index in [0.29, 0.717) is 12.2 Å². The molecule has 1 atom stereocenters. The van der Waals surface area contributed by atoms with E-state index < -0.39 is 4.92 Å². The van der Waals surface area contributed by atoms with E-state index in [1.807, 2.05) is 13.8 Å². The van der Waals surface area contributed by atoms with Crippen LogP contribution in [0.3, 0.4) is 0 Å². The Kier molecular flexibility index (Phi) is 7.07. The molecule has 5 nitrogen and oxygen atoms in total. The predicted octanol–water partition coefficient (Wildman–Crippen LogP) is 2.27. The smallest absolute Gasteiger partial charge is 0.269 e. The molecule has 5 heteroatoms. The van der Waals surface area contributed by atoms with Crippen LogP contribution in [0.2, 0.25) is 0 Å². The summed E-state index contributed by atoms with van der Waals surface area (Å²) in [5.74, 6) is 0. The molecule has 0 amide bonds. The molecular formula is C11H18N2O3. The molecule has 0 spiro atoms. The first-order valence-electron chi connectivity index (χ1n) is 5.14. The maximum Gasteiger partial charge on any atom is 0.269 e. The van der Waals surface area contributed by atoms with Gasteiger partial charge in [0.1, 0.15) is 0 Å². The Hall–Kier alpha value is -1.46. The number of nitrogens with zero attached hydrogens (tertiary/aromatic N) is 1. The summed E-state index contributed by atoms with van der Waals surface area (Å²) in [6, 6.07) is 5.94. The van der Waals surface area contributed by atoms with Gasteiger partial charge < -0.3 is 10.5 Å². The number of non-ortho nitro benzene ring substituents is 1. The SMILES string of the molecule is CC.COCC(N)c1cccc([N+](=O)[O-])c1. The van der Waals surface area contributed by atoms with Crippen molar-refractivity contribution in [1.29, 1.82) is 0 Å². The minimum Gasteiger partial charge on any atom is -0.383 e. The van der Waals surface area contributed by atoms with Crippen molar-refractivity contribution < 1.29 is 9.66 Å². The third kappa shape index (κ3) is 4.37. The summed E-state index contributed by atoms with van der Waals surface area (Å²) < 4.78 is 4.86. The maximum absolute atomic E-state index is 10.5. The van der Waals surface area contributed by atoms with E-state index >= 15 is 0 Å². The second kappa shape index (κ2) is 7.78. The Balaban J connectivity index is 0.00000106. The van der Waals surface area contributed by atoms with Crippen molar-refractivity contribution in [2.45, 2.75) is 19.9 Å². The Morgan fingerprint density at radius 3 is 2.62 bits per heavy atom. The fraction of sp³-hybridized carbons (Fsp3) is 0.455. The Morgan fingerprint density at radius 2 is 2.12 bits per heavy atom. The van der Waals surface area contributed by atoms with Gasteiger partial charge in [0.25, 0.3) is 5.69 Å². The van der Waals surface area contributed by atoms with Crippen LogP contribution >= 0.6 is 0 Å². The van der Waals surface area contributed by atoms with Crippen molar-refractivity contribution in [3.63, 3.8) is 0 Å². The van der Waals surface area contributed by atoms with Crippen LogP contribution < -0.4 is 5.73 Å². The van der Waals surface area contributed by atoms with Gasteiger partial charge in [-0.25, -0.2) is 0 Å². The van der Waals surface area contributed by atoms with Gasteiger partial charge in [-0.3, -0.25) is 10.1 Å². The van der Waals surface area contributed by atoms with Crippen molar-refractivity contribution in [2.75, 3.05) is 13.7 Å².